The Morgan fingerprint density at radius 1 is 0.963 bits per heavy atom. The van der Waals surface area contributed by atoms with Gasteiger partial charge in [-0.3, -0.25) is 0 Å². The molecule has 3 nitrogen and oxygen atoms in total. The van der Waals surface area contributed by atoms with E-state index >= 15 is 0 Å². The highest BCUT2D eigenvalue weighted by molar-refractivity contribution is 6.99. The maximum Gasteiger partial charge on any atom is 0.330 e. The van der Waals surface area contributed by atoms with Crippen LogP contribution in [0, 0.1) is 0 Å². The molecular weight excluding hydrogens is 352 g/mol. The van der Waals surface area contributed by atoms with Crippen LogP contribution in [0.5, 0.6) is 0 Å². The lowest BCUT2D eigenvalue weighted by atomic mass is 10.2. The Labute approximate surface area is 164 Å². The summed E-state index contributed by atoms with van der Waals surface area (Å²) in [5.74, 6) is -0.317. The summed E-state index contributed by atoms with van der Waals surface area (Å²) in [6.45, 7) is 7.47. The van der Waals surface area contributed by atoms with Gasteiger partial charge in [-0.25, -0.2) is 4.79 Å². The van der Waals surface area contributed by atoms with Crippen LogP contribution in [-0.4, -0.2) is 28.0 Å². The number of hydrogen-bond acceptors (Lipinski definition) is 3. The van der Waals surface area contributed by atoms with Gasteiger partial charge in [0.1, 0.15) is 0 Å². The first-order valence-electron chi connectivity index (χ1n) is 9.41. The van der Waals surface area contributed by atoms with E-state index in [1.807, 2.05) is 18.2 Å². The number of hydrogen-bond donors (Lipinski definition) is 0. The third kappa shape index (κ3) is 5.18. The maximum atomic E-state index is 11.2. The minimum Gasteiger partial charge on any atom is -0.466 e. The zero-order valence-electron chi connectivity index (χ0n) is 16.8. The summed E-state index contributed by atoms with van der Waals surface area (Å²) in [5.41, 5.74) is 0. The summed E-state index contributed by atoms with van der Waals surface area (Å²) in [6.07, 6.45) is 4.97. The van der Waals surface area contributed by atoms with Crippen molar-refractivity contribution in [2.24, 2.45) is 0 Å². The van der Waals surface area contributed by atoms with E-state index < -0.39 is 8.32 Å². The van der Waals surface area contributed by atoms with E-state index in [1.54, 1.807) is 0 Å². The van der Waals surface area contributed by atoms with Gasteiger partial charge < -0.3 is 9.16 Å². The molecule has 0 N–H and O–H groups in total. The number of carbonyl (C=O) groups is 1. The number of rotatable bonds is 8. The SMILES string of the molecule is COC(=O)/C=C\CCCO[Si](c1ccccc1)(c1ccccc1)C(C)(C)C. The first-order valence-corrected chi connectivity index (χ1v) is 11.3. The van der Waals surface area contributed by atoms with Crippen LogP contribution < -0.4 is 10.4 Å². The molecule has 0 heterocycles. The molecule has 2 aromatic rings. The van der Waals surface area contributed by atoms with Crippen LogP contribution >= 0.6 is 0 Å². The van der Waals surface area contributed by atoms with Gasteiger partial charge in [0.15, 0.2) is 0 Å². The fraction of sp³-hybridized carbons (Fsp3) is 0.348. The number of esters is 1. The summed E-state index contributed by atoms with van der Waals surface area (Å²) >= 11 is 0. The molecule has 0 aromatic heterocycles. The lowest BCUT2D eigenvalue weighted by Gasteiger charge is -2.43. The number of allylic oxidation sites excluding steroid dienone is 1. The van der Waals surface area contributed by atoms with Crippen molar-refractivity contribution in [2.75, 3.05) is 13.7 Å². The fourth-order valence-electron chi connectivity index (χ4n) is 3.44. The van der Waals surface area contributed by atoms with Gasteiger partial charge in [-0.05, 0) is 28.3 Å². The zero-order chi connectivity index (χ0) is 19.8. The van der Waals surface area contributed by atoms with Gasteiger partial charge in [-0.15, -0.1) is 0 Å². The molecule has 0 aliphatic carbocycles. The molecule has 0 amide bonds. The Kier molecular flexibility index (Phi) is 7.57. The standard InChI is InChI=1S/C23H30O3Si/c1-23(2,3)27(20-14-8-5-9-15-20,21-16-10-6-11-17-21)26-19-13-7-12-18-22(24)25-4/h5-6,8-12,14-18H,7,13,19H2,1-4H3/b18-12-. The second-order valence-electron chi connectivity index (χ2n) is 7.58. The van der Waals surface area contributed by atoms with Gasteiger partial charge in [0.2, 0.25) is 0 Å². The second kappa shape index (κ2) is 9.67. The van der Waals surface area contributed by atoms with Gasteiger partial charge in [0, 0.05) is 12.7 Å². The van der Waals surface area contributed by atoms with Crippen molar-refractivity contribution in [1.82, 2.24) is 0 Å². The third-order valence-corrected chi connectivity index (χ3v) is 9.75. The monoisotopic (exact) mass is 382 g/mol. The van der Waals surface area contributed by atoms with E-state index in [2.05, 4.69) is 74.0 Å². The Morgan fingerprint density at radius 3 is 1.93 bits per heavy atom. The molecule has 0 aliphatic rings. The van der Waals surface area contributed by atoms with Crippen molar-refractivity contribution in [3.8, 4) is 0 Å². The van der Waals surface area contributed by atoms with Crippen LogP contribution in [0.3, 0.4) is 0 Å². The highest BCUT2D eigenvalue weighted by Gasteiger charge is 2.49. The van der Waals surface area contributed by atoms with Crippen molar-refractivity contribution in [3.05, 3.63) is 72.8 Å². The quantitative estimate of drug-likeness (QED) is 0.299. The normalized spacial score (nSPS) is 12.3. The lowest BCUT2D eigenvalue weighted by Crippen LogP contribution is -2.66. The van der Waals surface area contributed by atoms with E-state index in [1.165, 1.54) is 23.6 Å². The number of benzene rings is 2. The number of unbranched alkanes of at least 4 members (excludes halogenated alkanes) is 1. The molecule has 0 radical (unpaired) electrons. The molecule has 0 spiro atoms. The van der Waals surface area contributed by atoms with Gasteiger partial charge in [0.05, 0.1) is 7.11 Å². The molecular formula is C23H30O3Si. The van der Waals surface area contributed by atoms with E-state index in [4.69, 9.17) is 4.43 Å². The van der Waals surface area contributed by atoms with Crippen molar-refractivity contribution in [3.63, 3.8) is 0 Å². The average Bonchev–Trinajstić information content (AvgIpc) is 2.67. The van der Waals surface area contributed by atoms with Crippen LogP contribution in [0.15, 0.2) is 72.8 Å². The summed E-state index contributed by atoms with van der Waals surface area (Å²) in [7, 11) is -1.07. The molecule has 0 bridgehead atoms. The molecule has 0 atom stereocenters. The highest BCUT2D eigenvalue weighted by Crippen LogP contribution is 2.36. The Morgan fingerprint density at radius 2 is 1.48 bits per heavy atom. The maximum absolute atomic E-state index is 11.2. The Hall–Kier alpha value is -2.17. The van der Waals surface area contributed by atoms with Gasteiger partial charge in [-0.1, -0.05) is 87.5 Å². The fourth-order valence-corrected chi connectivity index (χ4v) is 8.04. The minimum atomic E-state index is -2.45. The smallest absolute Gasteiger partial charge is 0.330 e. The molecule has 2 aromatic carbocycles. The topological polar surface area (TPSA) is 35.5 Å². The van der Waals surface area contributed by atoms with Gasteiger partial charge in [-0.2, -0.15) is 0 Å². The van der Waals surface area contributed by atoms with E-state index in [0.29, 0.717) is 6.61 Å². The average molecular weight is 383 g/mol. The lowest BCUT2D eigenvalue weighted by molar-refractivity contribution is -0.134. The number of methoxy groups -OCH3 is 1. The van der Waals surface area contributed by atoms with Gasteiger partial charge >= 0.3 is 5.97 Å². The van der Waals surface area contributed by atoms with E-state index in [-0.39, 0.29) is 11.0 Å². The summed E-state index contributed by atoms with van der Waals surface area (Å²) < 4.78 is 11.4. The number of carbonyl (C=O) groups excluding carboxylic acids is 1. The highest BCUT2D eigenvalue weighted by atomic mass is 28.4. The molecule has 0 unspecified atom stereocenters. The predicted octanol–water partition coefficient (Wildman–Crippen LogP) is 4.07. The van der Waals surface area contributed by atoms with E-state index in [9.17, 15) is 4.79 Å². The van der Waals surface area contributed by atoms with Crippen molar-refractivity contribution in [2.45, 2.75) is 38.7 Å². The summed E-state index contributed by atoms with van der Waals surface area (Å²) in [5, 5.41) is 2.56. The van der Waals surface area contributed by atoms with Crippen molar-refractivity contribution in [1.29, 1.82) is 0 Å². The van der Waals surface area contributed by atoms with Crippen LogP contribution in [0.4, 0.5) is 0 Å². The van der Waals surface area contributed by atoms with E-state index in [0.717, 1.165) is 12.8 Å². The Bertz CT molecular complexity index is 694. The van der Waals surface area contributed by atoms with Crippen LogP contribution in [-0.2, 0) is 14.0 Å². The first-order chi connectivity index (χ1) is 12.9. The molecule has 2 rings (SSSR count). The zero-order valence-corrected chi connectivity index (χ0v) is 17.8. The minimum absolute atomic E-state index is 0.0163. The predicted molar refractivity (Wildman–Crippen MR) is 114 cm³/mol. The second-order valence-corrected chi connectivity index (χ2v) is 11.9. The molecule has 144 valence electrons. The molecule has 0 fully saturated rings. The molecule has 0 saturated carbocycles. The number of ether oxygens (including phenoxy) is 1. The van der Waals surface area contributed by atoms with Gasteiger partial charge in [0.25, 0.3) is 8.32 Å². The molecule has 4 heteroatoms. The van der Waals surface area contributed by atoms with Crippen molar-refractivity contribution < 1.29 is 14.0 Å². The summed E-state index contributed by atoms with van der Waals surface area (Å²) in [6, 6.07) is 21.2. The van der Waals surface area contributed by atoms with Crippen LogP contribution in [0.2, 0.25) is 5.04 Å². The molecule has 27 heavy (non-hydrogen) atoms. The molecule has 0 saturated heterocycles. The van der Waals surface area contributed by atoms with Crippen LogP contribution in [0.1, 0.15) is 33.6 Å². The largest absolute Gasteiger partial charge is 0.466 e. The first kappa shape index (κ1) is 21.1. The Balaban J connectivity index is 2.27. The van der Waals surface area contributed by atoms with Crippen LogP contribution in [0.25, 0.3) is 0 Å². The van der Waals surface area contributed by atoms with Crippen molar-refractivity contribution >= 4 is 24.7 Å². The molecule has 0 aliphatic heterocycles. The summed E-state index contributed by atoms with van der Waals surface area (Å²) in [4.78, 5) is 11.2. The third-order valence-electron chi connectivity index (χ3n) is 4.71.